The first-order chi connectivity index (χ1) is 7.72. The Morgan fingerprint density at radius 1 is 1.25 bits per heavy atom. The Bertz CT molecular complexity index is 346. The van der Waals surface area contributed by atoms with E-state index in [2.05, 4.69) is 18.7 Å². The SMILES string of the molecule is CCN(CC)Cc1ccccc1C(=O)OC. The van der Waals surface area contributed by atoms with Crippen molar-refractivity contribution in [1.82, 2.24) is 4.90 Å². The van der Waals surface area contributed by atoms with Gasteiger partial charge >= 0.3 is 5.97 Å². The molecule has 3 heteroatoms. The third kappa shape index (κ3) is 3.07. The van der Waals surface area contributed by atoms with Gasteiger partial charge in [-0.15, -0.1) is 0 Å². The van der Waals surface area contributed by atoms with Gasteiger partial charge in [-0.25, -0.2) is 4.79 Å². The zero-order chi connectivity index (χ0) is 12.0. The van der Waals surface area contributed by atoms with Crippen molar-refractivity contribution < 1.29 is 9.53 Å². The fraction of sp³-hybridized carbons (Fsp3) is 0.462. The van der Waals surface area contributed by atoms with Gasteiger partial charge in [0.25, 0.3) is 0 Å². The van der Waals surface area contributed by atoms with Crippen LogP contribution < -0.4 is 0 Å². The van der Waals surface area contributed by atoms with Crippen molar-refractivity contribution in [1.29, 1.82) is 0 Å². The van der Waals surface area contributed by atoms with Crippen LogP contribution in [0.2, 0.25) is 0 Å². The normalized spacial score (nSPS) is 10.5. The summed E-state index contributed by atoms with van der Waals surface area (Å²) in [5, 5.41) is 0. The Hall–Kier alpha value is -1.35. The molecule has 0 heterocycles. The summed E-state index contributed by atoms with van der Waals surface area (Å²) >= 11 is 0. The van der Waals surface area contributed by atoms with Gasteiger partial charge in [0, 0.05) is 6.54 Å². The predicted octanol–water partition coefficient (Wildman–Crippen LogP) is 2.32. The zero-order valence-electron chi connectivity index (χ0n) is 10.2. The maximum Gasteiger partial charge on any atom is 0.338 e. The predicted molar refractivity (Wildman–Crippen MR) is 64.4 cm³/mol. The lowest BCUT2D eigenvalue weighted by Crippen LogP contribution is -2.23. The molecule has 88 valence electrons. The average molecular weight is 221 g/mol. The molecule has 0 saturated heterocycles. The highest BCUT2D eigenvalue weighted by Crippen LogP contribution is 2.12. The van der Waals surface area contributed by atoms with Gasteiger partial charge in [-0.05, 0) is 24.7 Å². The molecule has 0 N–H and O–H groups in total. The van der Waals surface area contributed by atoms with Crippen molar-refractivity contribution in [3.8, 4) is 0 Å². The quantitative estimate of drug-likeness (QED) is 0.715. The molecule has 1 aromatic carbocycles. The van der Waals surface area contributed by atoms with Crippen molar-refractivity contribution in [2.45, 2.75) is 20.4 Å². The highest BCUT2D eigenvalue weighted by Gasteiger charge is 2.12. The van der Waals surface area contributed by atoms with Crippen LogP contribution in [0.25, 0.3) is 0 Å². The lowest BCUT2D eigenvalue weighted by Gasteiger charge is -2.19. The van der Waals surface area contributed by atoms with Crippen LogP contribution in [0.3, 0.4) is 0 Å². The zero-order valence-corrected chi connectivity index (χ0v) is 10.2. The van der Waals surface area contributed by atoms with Crippen LogP contribution in [-0.4, -0.2) is 31.1 Å². The van der Waals surface area contributed by atoms with Crippen LogP contribution in [0.5, 0.6) is 0 Å². The first kappa shape index (κ1) is 12.7. The average Bonchev–Trinajstić information content (AvgIpc) is 2.35. The molecule has 0 fully saturated rings. The Labute approximate surface area is 97.0 Å². The van der Waals surface area contributed by atoms with Crippen molar-refractivity contribution in [2.24, 2.45) is 0 Å². The summed E-state index contributed by atoms with van der Waals surface area (Å²) in [6.07, 6.45) is 0. The molecule has 0 atom stereocenters. The number of hydrogen-bond donors (Lipinski definition) is 0. The summed E-state index contributed by atoms with van der Waals surface area (Å²) < 4.78 is 4.77. The van der Waals surface area contributed by atoms with Gasteiger partial charge in [-0.1, -0.05) is 32.0 Å². The lowest BCUT2D eigenvalue weighted by atomic mass is 10.1. The van der Waals surface area contributed by atoms with Crippen molar-refractivity contribution in [3.63, 3.8) is 0 Å². The molecule has 0 unspecified atom stereocenters. The van der Waals surface area contributed by atoms with Crippen molar-refractivity contribution in [3.05, 3.63) is 35.4 Å². The Kier molecular flexibility index (Phi) is 4.99. The monoisotopic (exact) mass is 221 g/mol. The molecule has 0 radical (unpaired) electrons. The molecule has 0 aliphatic carbocycles. The smallest absolute Gasteiger partial charge is 0.338 e. The molecule has 0 aromatic heterocycles. The van der Waals surface area contributed by atoms with E-state index in [-0.39, 0.29) is 5.97 Å². The maximum atomic E-state index is 11.6. The molecular formula is C13H19NO2. The minimum atomic E-state index is -0.261. The van der Waals surface area contributed by atoms with Crippen LogP contribution in [0.15, 0.2) is 24.3 Å². The van der Waals surface area contributed by atoms with Gasteiger partial charge in [0.05, 0.1) is 12.7 Å². The molecule has 0 spiro atoms. The molecule has 16 heavy (non-hydrogen) atoms. The summed E-state index contributed by atoms with van der Waals surface area (Å²) in [5.74, 6) is -0.261. The van der Waals surface area contributed by atoms with E-state index in [0.29, 0.717) is 5.56 Å². The van der Waals surface area contributed by atoms with Crippen molar-refractivity contribution >= 4 is 5.97 Å². The molecule has 1 aromatic rings. The molecule has 0 aliphatic rings. The largest absolute Gasteiger partial charge is 0.465 e. The maximum absolute atomic E-state index is 11.6. The van der Waals surface area contributed by atoms with Crippen LogP contribution >= 0.6 is 0 Å². The Balaban J connectivity index is 2.90. The number of esters is 1. The molecule has 0 saturated carbocycles. The van der Waals surface area contributed by atoms with Crippen LogP contribution in [0.1, 0.15) is 29.8 Å². The first-order valence-electron chi connectivity index (χ1n) is 5.61. The van der Waals surface area contributed by atoms with E-state index >= 15 is 0 Å². The number of carbonyl (C=O) groups is 1. The van der Waals surface area contributed by atoms with Crippen molar-refractivity contribution in [2.75, 3.05) is 20.2 Å². The number of carbonyl (C=O) groups excluding carboxylic acids is 1. The highest BCUT2D eigenvalue weighted by molar-refractivity contribution is 5.90. The summed E-state index contributed by atoms with van der Waals surface area (Å²) in [5.41, 5.74) is 1.69. The molecule has 0 bridgehead atoms. The summed E-state index contributed by atoms with van der Waals surface area (Å²) in [4.78, 5) is 13.8. The van der Waals surface area contributed by atoms with Crippen LogP contribution in [-0.2, 0) is 11.3 Å². The fourth-order valence-electron chi connectivity index (χ4n) is 1.66. The van der Waals surface area contributed by atoms with Crippen LogP contribution in [0, 0.1) is 0 Å². The second-order valence-corrected chi connectivity index (χ2v) is 3.61. The second kappa shape index (κ2) is 6.28. The van der Waals surface area contributed by atoms with E-state index in [9.17, 15) is 4.79 Å². The summed E-state index contributed by atoms with van der Waals surface area (Å²) in [7, 11) is 1.41. The van der Waals surface area contributed by atoms with Crippen LogP contribution in [0.4, 0.5) is 0 Å². The van der Waals surface area contributed by atoms with E-state index in [1.165, 1.54) is 7.11 Å². The summed E-state index contributed by atoms with van der Waals surface area (Å²) in [6.45, 7) is 6.98. The third-order valence-corrected chi connectivity index (χ3v) is 2.71. The number of hydrogen-bond acceptors (Lipinski definition) is 3. The number of methoxy groups -OCH3 is 1. The molecular weight excluding hydrogens is 202 g/mol. The molecule has 3 nitrogen and oxygen atoms in total. The number of rotatable bonds is 5. The fourth-order valence-corrected chi connectivity index (χ4v) is 1.66. The number of benzene rings is 1. The number of ether oxygens (including phenoxy) is 1. The van der Waals surface area contributed by atoms with E-state index < -0.39 is 0 Å². The highest BCUT2D eigenvalue weighted by atomic mass is 16.5. The van der Waals surface area contributed by atoms with Gasteiger partial charge in [0.15, 0.2) is 0 Å². The van der Waals surface area contributed by atoms with E-state index in [4.69, 9.17) is 4.74 Å². The minimum Gasteiger partial charge on any atom is -0.465 e. The van der Waals surface area contributed by atoms with E-state index in [1.807, 2.05) is 24.3 Å². The molecule has 0 amide bonds. The van der Waals surface area contributed by atoms with Gasteiger partial charge in [-0.2, -0.15) is 0 Å². The van der Waals surface area contributed by atoms with Gasteiger partial charge in [-0.3, -0.25) is 4.90 Å². The molecule has 1 rings (SSSR count). The Morgan fingerprint density at radius 2 is 1.88 bits per heavy atom. The minimum absolute atomic E-state index is 0.261. The lowest BCUT2D eigenvalue weighted by molar-refractivity contribution is 0.0598. The summed E-state index contributed by atoms with van der Waals surface area (Å²) in [6, 6.07) is 7.60. The molecule has 0 aliphatic heterocycles. The third-order valence-electron chi connectivity index (χ3n) is 2.71. The topological polar surface area (TPSA) is 29.5 Å². The first-order valence-corrected chi connectivity index (χ1v) is 5.61. The van der Waals surface area contributed by atoms with Gasteiger partial charge in [0.1, 0.15) is 0 Å². The van der Waals surface area contributed by atoms with E-state index in [0.717, 1.165) is 25.2 Å². The van der Waals surface area contributed by atoms with E-state index in [1.54, 1.807) is 0 Å². The number of nitrogens with zero attached hydrogens (tertiary/aromatic N) is 1. The second-order valence-electron chi connectivity index (χ2n) is 3.61. The Morgan fingerprint density at radius 3 is 2.44 bits per heavy atom. The van der Waals surface area contributed by atoms with Gasteiger partial charge < -0.3 is 4.74 Å². The van der Waals surface area contributed by atoms with Gasteiger partial charge in [0.2, 0.25) is 0 Å². The standard InChI is InChI=1S/C13H19NO2/c1-4-14(5-2)10-11-8-6-7-9-12(11)13(15)16-3/h6-9H,4-5,10H2,1-3H3.